The number of nitrogens with one attached hydrogen (secondary N) is 1. The molecular weight excluding hydrogens is 264 g/mol. The fourth-order valence-electron chi connectivity index (χ4n) is 2.40. The van der Waals surface area contributed by atoms with Crippen LogP contribution in [0, 0.1) is 12.8 Å². The lowest BCUT2D eigenvalue weighted by atomic mass is 10.1. The fraction of sp³-hybridized carbons (Fsp3) is 0.538. The summed E-state index contributed by atoms with van der Waals surface area (Å²) in [4.78, 5) is 2.37. The number of aryl methyl sites for hydroxylation is 1. The van der Waals surface area contributed by atoms with Crippen molar-refractivity contribution >= 4 is 21.6 Å². The first-order chi connectivity index (χ1) is 7.66. The standard InChI is InChI=1S/C13H19BrN2/c1-10-7-12(14)3-4-13(10)16(2)9-11-5-6-15-8-11/h3-4,7,11,15H,5-6,8-9H2,1-2H3. The van der Waals surface area contributed by atoms with Crippen LogP contribution in [0.1, 0.15) is 12.0 Å². The van der Waals surface area contributed by atoms with E-state index in [2.05, 4.69) is 58.3 Å². The molecule has 0 bridgehead atoms. The monoisotopic (exact) mass is 282 g/mol. The molecule has 1 N–H and O–H groups in total. The SMILES string of the molecule is Cc1cc(Br)ccc1N(C)CC1CCNC1. The van der Waals surface area contributed by atoms with Crippen molar-refractivity contribution in [3.63, 3.8) is 0 Å². The zero-order chi connectivity index (χ0) is 11.5. The molecule has 0 radical (unpaired) electrons. The summed E-state index contributed by atoms with van der Waals surface area (Å²) in [6, 6.07) is 6.49. The maximum atomic E-state index is 3.51. The number of hydrogen-bond donors (Lipinski definition) is 1. The fourth-order valence-corrected chi connectivity index (χ4v) is 2.88. The molecular formula is C13H19BrN2. The molecule has 0 spiro atoms. The molecule has 1 aliphatic rings. The van der Waals surface area contributed by atoms with Gasteiger partial charge in [-0.1, -0.05) is 15.9 Å². The molecule has 16 heavy (non-hydrogen) atoms. The van der Waals surface area contributed by atoms with Crippen molar-refractivity contribution in [1.29, 1.82) is 0 Å². The molecule has 0 amide bonds. The number of halogens is 1. The molecule has 1 aromatic rings. The van der Waals surface area contributed by atoms with Gasteiger partial charge in [-0.15, -0.1) is 0 Å². The molecule has 1 fully saturated rings. The molecule has 1 aliphatic heterocycles. The van der Waals surface area contributed by atoms with Crippen molar-refractivity contribution in [3.8, 4) is 0 Å². The van der Waals surface area contributed by atoms with Gasteiger partial charge in [0.2, 0.25) is 0 Å². The number of hydrogen-bond acceptors (Lipinski definition) is 2. The zero-order valence-corrected chi connectivity index (χ0v) is 11.5. The molecule has 1 heterocycles. The summed E-state index contributed by atoms with van der Waals surface area (Å²) in [5.41, 5.74) is 2.68. The Morgan fingerprint density at radius 1 is 1.50 bits per heavy atom. The number of anilines is 1. The summed E-state index contributed by atoms with van der Waals surface area (Å²) in [6.45, 7) is 5.66. The lowest BCUT2D eigenvalue weighted by Gasteiger charge is -2.24. The summed E-state index contributed by atoms with van der Waals surface area (Å²) in [7, 11) is 2.19. The Morgan fingerprint density at radius 2 is 2.31 bits per heavy atom. The minimum Gasteiger partial charge on any atom is -0.374 e. The van der Waals surface area contributed by atoms with Gasteiger partial charge in [0.15, 0.2) is 0 Å². The second-order valence-electron chi connectivity index (χ2n) is 4.67. The Hall–Kier alpha value is -0.540. The minimum atomic E-state index is 0.799. The quantitative estimate of drug-likeness (QED) is 0.917. The van der Waals surface area contributed by atoms with Crippen molar-refractivity contribution in [2.75, 3.05) is 31.6 Å². The minimum absolute atomic E-state index is 0.799. The van der Waals surface area contributed by atoms with Gasteiger partial charge in [-0.25, -0.2) is 0 Å². The molecule has 0 saturated carbocycles. The summed E-state index contributed by atoms with van der Waals surface area (Å²) >= 11 is 3.51. The highest BCUT2D eigenvalue weighted by molar-refractivity contribution is 9.10. The molecule has 1 unspecified atom stereocenters. The van der Waals surface area contributed by atoms with Gasteiger partial charge in [-0.05, 0) is 56.1 Å². The van der Waals surface area contributed by atoms with E-state index in [9.17, 15) is 0 Å². The van der Waals surface area contributed by atoms with Crippen molar-refractivity contribution in [3.05, 3.63) is 28.2 Å². The molecule has 2 rings (SSSR count). The van der Waals surface area contributed by atoms with Crippen molar-refractivity contribution < 1.29 is 0 Å². The van der Waals surface area contributed by atoms with E-state index in [-0.39, 0.29) is 0 Å². The molecule has 1 atom stereocenters. The Bertz CT molecular complexity index is 359. The first-order valence-electron chi connectivity index (χ1n) is 5.85. The largest absolute Gasteiger partial charge is 0.374 e. The Balaban J connectivity index is 2.04. The van der Waals surface area contributed by atoms with Crippen LogP contribution >= 0.6 is 15.9 Å². The van der Waals surface area contributed by atoms with Gasteiger partial charge in [-0.3, -0.25) is 0 Å². The van der Waals surface area contributed by atoms with Gasteiger partial charge in [0.25, 0.3) is 0 Å². The second kappa shape index (κ2) is 5.19. The molecule has 0 aromatic heterocycles. The van der Waals surface area contributed by atoms with Crippen LogP contribution in [-0.4, -0.2) is 26.7 Å². The van der Waals surface area contributed by atoms with Crippen LogP contribution in [0.3, 0.4) is 0 Å². The van der Waals surface area contributed by atoms with E-state index in [0.29, 0.717) is 0 Å². The Labute approximate surface area is 106 Å². The summed E-state index contributed by atoms with van der Waals surface area (Å²) in [5.74, 6) is 0.799. The van der Waals surface area contributed by atoms with Crippen LogP contribution in [0.15, 0.2) is 22.7 Å². The Kier molecular flexibility index (Phi) is 3.87. The van der Waals surface area contributed by atoms with E-state index in [4.69, 9.17) is 0 Å². The molecule has 88 valence electrons. The lowest BCUT2D eigenvalue weighted by Crippen LogP contribution is -2.27. The third-order valence-electron chi connectivity index (χ3n) is 3.26. The van der Waals surface area contributed by atoms with E-state index in [0.717, 1.165) is 16.9 Å². The zero-order valence-electron chi connectivity index (χ0n) is 9.96. The highest BCUT2D eigenvalue weighted by atomic mass is 79.9. The number of benzene rings is 1. The third-order valence-corrected chi connectivity index (χ3v) is 3.76. The van der Waals surface area contributed by atoms with Crippen LogP contribution in [0.5, 0.6) is 0 Å². The van der Waals surface area contributed by atoms with Gasteiger partial charge in [-0.2, -0.15) is 0 Å². The average molecular weight is 283 g/mol. The first kappa shape index (κ1) is 11.9. The van der Waals surface area contributed by atoms with Crippen LogP contribution in [0.2, 0.25) is 0 Å². The molecule has 1 aromatic carbocycles. The summed E-state index contributed by atoms with van der Waals surface area (Å²) in [6.07, 6.45) is 1.31. The van der Waals surface area contributed by atoms with Gasteiger partial charge >= 0.3 is 0 Å². The maximum absolute atomic E-state index is 3.51. The smallest absolute Gasteiger partial charge is 0.0394 e. The number of rotatable bonds is 3. The maximum Gasteiger partial charge on any atom is 0.0394 e. The molecule has 1 saturated heterocycles. The Morgan fingerprint density at radius 3 is 2.94 bits per heavy atom. The van der Waals surface area contributed by atoms with Crippen molar-refractivity contribution in [2.45, 2.75) is 13.3 Å². The number of nitrogens with zero attached hydrogens (tertiary/aromatic N) is 1. The van der Waals surface area contributed by atoms with E-state index in [1.54, 1.807) is 0 Å². The van der Waals surface area contributed by atoms with Gasteiger partial charge < -0.3 is 10.2 Å². The molecule has 0 aliphatic carbocycles. The van der Waals surface area contributed by atoms with E-state index >= 15 is 0 Å². The molecule has 3 heteroatoms. The highest BCUT2D eigenvalue weighted by Crippen LogP contribution is 2.24. The van der Waals surface area contributed by atoms with E-state index in [1.807, 2.05) is 0 Å². The molecule has 2 nitrogen and oxygen atoms in total. The van der Waals surface area contributed by atoms with Crippen LogP contribution in [0.4, 0.5) is 5.69 Å². The summed E-state index contributed by atoms with van der Waals surface area (Å²) in [5, 5.41) is 3.42. The van der Waals surface area contributed by atoms with E-state index in [1.165, 1.54) is 30.8 Å². The van der Waals surface area contributed by atoms with Gasteiger partial charge in [0.05, 0.1) is 0 Å². The van der Waals surface area contributed by atoms with Crippen LogP contribution in [-0.2, 0) is 0 Å². The van der Waals surface area contributed by atoms with E-state index < -0.39 is 0 Å². The normalized spacial score (nSPS) is 20.1. The van der Waals surface area contributed by atoms with Crippen molar-refractivity contribution in [1.82, 2.24) is 5.32 Å². The summed E-state index contributed by atoms with van der Waals surface area (Å²) < 4.78 is 1.16. The van der Waals surface area contributed by atoms with Gasteiger partial charge in [0, 0.05) is 23.8 Å². The first-order valence-corrected chi connectivity index (χ1v) is 6.64. The van der Waals surface area contributed by atoms with Crippen LogP contribution in [0.25, 0.3) is 0 Å². The average Bonchev–Trinajstić information content (AvgIpc) is 2.70. The topological polar surface area (TPSA) is 15.3 Å². The highest BCUT2D eigenvalue weighted by Gasteiger charge is 2.17. The second-order valence-corrected chi connectivity index (χ2v) is 5.59. The van der Waals surface area contributed by atoms with Crippen LogP contribution < -0.4 is 10.2 Å². The van der Waals surface area contributed by atoms with Crippen molar-refractivity contribution in [2.24, 2.45) is 5.92 Å². The lowest BCUT2D eigenvalue weighted by molar-refractivity contribution is 0.578. The predicted molar refractivity (Wildman–Crippen MR) is 73.1 cm³/mol. The predicted octanol–water partition coefficient (Wildman–Crippen LogP) is 2.80. The van der Waals surface area contributed by atoms with Gasteiger partial charge in [0.1, 0.15) is 0 Å². The third kappa shape index (κ3) is 2.77.